The zero-order valence-electron chi connectivity index (χ0n) is 14.9. The van der Waals surface area contributed by atoms with E-state index >= 15 is 0 Å². The molecule has 2 N–H and O–H groups in total. The number of carbonyl (C=O) groups excluding carboxylic acids is 1. The van der Waals surface area contributed by atoms with Crippen LogP contribution in [0.2, 0.25) is 0 Å². The molecule has 26 heavy (non-hydrogen) atoms. The molecular formula is C19H25N5O2. The second kappa shape index (κ2) is 6.32. The number of nitrogens with one attached hydrogen (secondary N) is 2. The van der Waals surface area contributed by atoms with Crippen molar-refractivity contribution in [2.75, 3.05) is 26.2 Å². The summed E-state index contributed by atoms with van der Waals surface area (Å²) in [7, 11) is 0. The Morgan fingerprint density at radius 2 is 2.15 bits per heavy atom. The third-order valence-corrected chi connectivity index (χ3v) is 6.62. The summed E-state index contributed by atoms with van der Waals surface area (Å²) in [6, 6.07) is 6.46. The third-order valence-electron chi connectivity index (χ3n) is 6.62. The predicted octanol–water partition coefficient (Wildman–Crippen LogP) is 1.30. The summed E-state index contributed by atoms with van der Waals surface area (Å²) in [4.78, 5) is 15.8. The van der Waals surface area contributed by atoms with Gasteiger partial charge in [-0.1, -0.05) is 18.9 Å². The van der Waals surface area contributed by atoms with Gasteiger partial charge in [-0.25, -0.2) is 4.63 Å². The zero-order chi connectivity index (χ0) is 17.6. The standard InChI is InChI=1S/C19H25N5O2/c25-18(21-8-13-5-6-16-17(7-13)23-26-22-16)19-11-20-9-14(19)10-24(12-19)15-3-1-2-4-15/h5-7,14-15,20H,1-4,8-12H2,(H,21,25)/t14-,19-/m0/s1. The summed E-state index contributed by atoms with van der Waals surface area (Å²) in [6.07, 6.45) is 5.26. The van der Waals surface area contributed by atoms with E-state index in [0.29, 0.717) is 18.5 Å². The van der Waals surface area contributed by atoms with E-state index in [4.69, 9.17) is 4.63 Å². The van der Waals surface area contributed by atoms with E-state index in [-0.39, 0.29) is 11.3 Å². The van der Waals surface area contributed by atoms with Gasteiger partial charge in [-0.05, 0) is 40.9 Å². The summed E-state index contributed by atoms with van der Waals surface area (Å²) >= 11 is 0. The zero-order valence-corrected chi connectivity index (χ0v) is 14.9. The molecule has 2 aromatic rings. The second-order valence-corrected chi connectivity index (χ2v) is 8.12. The number of likely N-dealkylation sites (tertiary alicyclic amines) is 1. The van der Waals surface area contributed by atoms with E-state index in [1.165, 1.54) is 25.7 Å². The topological polar surface area (TPSA) is 83.3 Å². The molecule has 0 spiro atoms. The lowest BCUT2D eigenvalue weighted by Crippen LogP contribution is -2.47. The van der Waals surface area contributed by atoms with Crippen LogP contribution in [0.1, 0.15) is 31.2 Å². The number of nitrogens with zero attached hydrogens (tertiary/aromatic N) is 3. The van der Waals surface area contributed by atoms with E-state index in [1.54, 1.807) is 0 Å². The number of benzene rings is 1. The van der Waals surface area contributed by atoms with Crippen molar-refractivity contribution in [3.05, 3.63) is 23.8 Å². The van der Waals surface area contributed by atoms with Crippen LogP contribution >= 0.6 is 0 Å². The molecule has 3 heterocycles. The monoisotopic (exact) mass is 355 g/mol. The maximum atomic E-state index is 13.2. The minimum absolute atomic E-state index is 0.186. The molecule has 1 saturated carbocycles. The number of aromatic nitrogens is 2. The molecule has 1 aromatic carbocycles. The van der Waals surface area contributed by atoms with Crippen molar-refractivity contribution < 1.29 is 9.42 Å². The van der Waals surface area contributed by atoms with Gasteiger partial charge in [0.2, 0.25) is 5.91 Å². The van der Waals surface area contributed by atoms with Crippen molar-refractivity contribution in [1.29, 1.82) is 0 Å². The van der Waals surface area contributed by atoms with Crippen molar-refractivity contribution >= 4 is 16.9 Å². The lowest BCUT2D eigenvalue weighted by Gasteiger charge is -2.29. The van der Waals surface area contributed by atoms with Crippen LogP contribution in [-0.2, 0) is 11.3 Å². The van der Waals surface area contributed by atoms with Gasteiger partial charge in [0.1, 0.15) is 11.0 Å². The first-order valence-electron chi connectivity index (χ1n) is 9.69. The summed E-state index contributed by atoms with van der Waals surface area (Å²) < 4.78 is 4.74. The van der Waals surface area contributed by atoms with E-state index in [9.17, 15) is 4.79 Å². The Balaban J connectivity index is 1.28. The van der Waals surface area contributed by atoms with Crippen LogP contribution in [0.15, 0.2) is 22.8 Å². The lowest BCUT2D eigenvalue weighted by molar-refractivity contribution is -0.131. The second-order valence-electron chi connectivity index (χ2n) is 8.12. The normalized spacial score (nSPS) is 29.5. The summed E-state index contributed by atoms with van der Waals surface area (Å²) in [5.74, 6) is 0.608. The summed E-state index contributed by atoms with van der Waals surface area (Å²) in [5, 5.41) is 14.3. The van der Waals surface area contributed by atoms with E-state index in [0.717, 1.165) is 42.8 Å². The third kappa shape index (κ3) is 2.61. The van der Waals surface area contributed by atoms with E-state index in [2.05, 4.69) is 25.8 Å². The Kier molecular flexibility index (Phi) is 3.94. The first-order chi connectivity index (χ1) is 12.7. The largest absolute Gasteiger partial charge is 0.351 e. The fourth-order valence-electron chi connectivity index (χ4n) is 5.12. The first-order valence-corrected chi connectivity index (χ1v) is 9.69. The number of fused-ring (bicyclic) bond motifs is 2. The van der Waals surface area contributed by atoms with Crippen LogP contribution in [0, 0.1) is 11.3 Å². The van der Waals surface area contributed by atoms with Crippen molar-refractivity contribution in [2.45, 2.75) is 38.3 Å². The molecule has 0 unspecified atom stereocenters. The highest BCUT2D eigenvalue weighted by Crippen LogP contribution is 2.42. The van der Waals surface area contributed by atoms with Gasteiger partial charge in [-0.15, -0.1) is 0 Å². The lowest BCUT2D eigenvalue weighted by atomic mass is 9.80. The molecule has 5 rings (SSSR count). The molecule has 1 aromatic heterocycles. The fraction of sp³-hybridized carbons (Fsp3) is 0.632. The Labute approximate surface area is 152 Å². The van der Waals surface area contributed by atoms with Gasteiger partial charge in [-0.3, -0.25) is 9.69 Å². The smallest absolute Gasteiger partial charge is 0.229 e. The number of hydrogen-bond donors (Lipinski definition) is 2. The Morgan fingerprint density at radius 1 is 1.31 bits per heavy atom. The molecule has 2 saturated heterocycles. The Hall–Kier alpha value is -1.99. The molecule has 0 bridgehead atoms. The quantitative estimate of drug-likeness (QED) is 0.860. The van der Waals surface area contributed by atoms with E-state index in [1.807, 2.05) is 18.2 Å². The highest BCUT2D eigenvalue weighted by Gasteiger charge is 2.55. The predicted molar refractivity (Wildman–Crippen MR) is 96.3 cm³/mol. The van der Waals surface area contributed by atoms with Gasteiger partial charge < -0.3 is 10.6 Å². The summed E-state index contributed by atoms with van der Waals surface area (Å²) in [5.41, 5.74) is 2.21. The molecule has 2 aliphatic heterocycles. The van der Waals surface area contributed by atoms with Crippen molar-refractivity contribution in [3.8, 4) is 0 Å². The van der Waals surface area contributed by atoms with E-state index < -0.39 is 0 Å². The molecule has 3 fully saturated rings. The van der Waals surface area contributed by atoms with Crippen LogP contribution < -0.4 is 10.6 Å². The van der Waals surface area contributed by atoms with Gasteiger partial charge in [0.15, 0.2) is 0 Å². The van der Waals surface area contributed by atoms with Gasteiger partial charge in [-0.2, -0.15) is 0 Å². The molecule has 7 nitrogen and oxygen atoms in total. The molecule has 1 amide bonds. The summed E-state index contributed by atoms with van der Waals surface area (Å²) in [6.45, 7) is 4.21. The molecule has 3 aliphatic rings. The maximum Gasteiger partial charge on any atom is 0.229 e. The molecule has 2 atom stereocenters. The van der Waals surface area contributed by atoms with Crippen LogP contribution in [0.5, 0.6) is 0 Å². The van der Waals surface area contributed by atoms with Crippen molar-refractivity contribution in [1.82, 2.24) is 25.8 Å². The Morgan fingerprint density at radius 3 is 3.04 bits per heavy atom. The first kappa shape index (κ1) is 16.2. The molecule has 138 valence electrons. The van der Waals surface area contributed by atoms with Gasteiger partial charge in [0.05, 0.1) is 5.41 Å². The molecule has 0 radical (unpaired) electrons. The molecule has 1 aliphatic carbocycles. The van der Waals surface area contributed by atoms with Gasteiger partial charge >= 0.3 is 0 Å². The SMILES string of the molecule is O=C(NCc1ccc2nonc2c1)[C@]12CNC[C@H]1CN(C1CCCC1)C2. The molecular weight excluding hydrogens is 330 g/mol. The highest BCUT2D eigenvalue weighted by molar-refractivity contribution is 5.84. The van der Waals surface area contributed by atoms with Crippen molar-refractivity contribution in [2.24, 2.45) is 11.3 Å². The highest BCUT2D eigenvalue weighted by atomic mass is 16.6. The number of amides is 1. The average Bonchev–Trinajstić information content (AvgIpc) is 3.41. The van der Waals surface area contributed by atoms with Crippen LogP contribution in [-0.4, -0.2) is 53.3 Å². The average molecular weight is 355 g/mol. The van der Waals surface area contributed by atoms with Crippen LogP contribution in [0.3, 0.4) is 0 Å². The number of hydrogen-bond acceptors (Lipinski definition) is 6. The molecule has 7 heteroatoms. The number of carbonyl (C=O) groups is 1. The Bertz CT molecular complexity index is 815. The van der Waals surface area contributed by atoms with Crippen LogP contribution in [0.4, 0.5) is 0 Å². The van der Waals surface area contributed by atoms with Crippen molar-refractivity contribution in [3.63, 3.8) is 0 Å². The van der Waals surface area contributed by atoms with Gasteiger partial charge in [0.25, 0.3) is 0 Å². The van der Waals surface area contributed by atoms with Gasteiger partial charge in [0, 0.05) is 44.7 Å². The minimum Gasteiger partial charge on any atom is -0.351 e. The fourth-order valence-corrected chi connectivity index (χ4v) is 5.12. The van der Waals surface area contributed by atoms with Crippen LogP contribution in [0.25, 0.3) is 11.0 Å². The number of rotatable bonds is 4. The maximum absolute atomic E-state index is 13.2. The minimum atomic E-state index is -0.276.